The molecule has 170 valence electrons. The summed E-state index contributed by atoms with van der Waals surface area (Å²) in [6.45, 7) is 7.16. The lowest BCUT2D eigenvalue weighted by Gasteiger charge is -2.56. The van der Waals surface area contributed by atoms with Gasteiger partial charge in [0.15, 0.2) is 0 Å². The van der Waals surface area contributed by atoms with E-state index in [2.05, 4.69) is 56.0 Å². The average Bonchev–Trinajstić information content (AvgIpc) is 3.15. The molecule has 5 rings (SSSR count). The van der Waals surface area contributed by atoms with Gasteiger partial charge in [0, 0.05) is 13.0 Å². The van der Waals surface area contributed by atoms with Crippen molar-refractivity contribution in [3.8, 4) is 0 Å². The number of carbonyl (C=O) groups is 1. The summed E-state index contributed by atoms with van der Waals surface area (Å²) in [5.74, 6) is 6.20. The van der Waals surface area contributed by atoms with E-state index in [0.29, 0.717) is 5.91 Å². The maximum absolute atomic E-state index is 13.8. The van der Waals surface area contributed by atoms with Gasteiger partial charge < -0.3 is 4.90 Å². The highest BCUT2D eigenvalue weighted by molar-refractivity contribution is 5.80. The van der Waals surface area contributed by atoms with Gasteiger partial charge >= 0.3 is 0 Å². The Labute approximate surface area is 190 Å². The molecule has 4 aliphatic rings. The minimum absolute atomic E-state index is 0.146. The SMILES string of the molecule is CC1CCC2C(CCC3C2CCC2(C)C(C(=O)N(C)C(C)c4ccccc4)CCC32)C1. The summed E-state index contributed by atoms with van der Waals surface area (Å²) in [4.78, 5) is 15.8. The van der Waals surface area contributed by atoms with Gasteiger partial charge in [-0.15, -0.1) is 0 Å². The predicted octanol–water partition coefficient (Wildman–Crippen LogP) is 7.11. The van der Waals surface area contributed by atoms with Crippen LogP contribution in [-0.2, 0) is 4.79 Å². The van der Waals surface area contributed by atoms with Crippen LogP contribution >= 0.6 is 0 Å². The maximum Gasteiger partial charge on any atom is 0.226 e. The van der Waals surface area contributed by atoms with E-state index in [-0.39, 0.29) is 17.4 Å². The van der Waals surface area contributed by atoms with E-state index >= 15 is 0 Å². The summed E-state index contributed by atoms with van der Waals surface area (Å²) < 4.78 is 0. The van der Waals surface area contributed by atoms with Crippen LogP contribution in [0.15, 0.2) is 30.3 Å². The summed E-state index contributed by atoms with van der Waals surface area (Å²) in [5, 5.41) is 0. The highest BCUT2D eigenvalue weighted by Crippen LogP contribution is 2.64. The Morgan fingerprint density at radius 1 is 0.968 bits per heavy atom. The fourth-order valence-electron chi connectivity index (χ4n) is 8.89. The molecule has 4 saturated carbocycles. The number of hydrogen-bond donors (Lipinski definition) is 0. The standard InChI is InChI=1S/C29H43NO/c1-19-10-12-23-22(18-19)11-13-25-24(23)16-17-29(3)26(25)14-15-27(29)28(31)30(4)20(2)21-8-6-5-7-9-21/h5-9,19-20,22-27H,10-18H2,1-4H3. The van der Waals surface area contributed by atoms with Gasteiger partial charge in [-0.1, -0.05) is 50.6 Å². The summed E-state index contributed by atoms with van der Waals surface area (Å²) >= 11 is 0. The topological polar surface area (TPSA) is 20.3 Å². The molecule has 1 amide bonds. The molecule has 0 heterocycles. The molecule has 0 N–H and O–H groups in total. The van der Waals surface area contributed by atoms with E-state index in [9.17, 15) is 4.79 Å². The lowest BCUT2D eigenvalue weighted by molar-refractivity contribution is -0.143. The zero-order valence-corrected chi connectivity index (χ0v) is 20.2. The summed E-state index contributed by atoms with van der Waals surface area (Å²) in [6, 6.07) is 10.7. The van der Waals surface area contributed by atoms with Crippen molar-refractivity contribution in [1.82, 2.24) is 4.90 Å². The Kier molecular flexibility index (Phi) is 5.72. The van der Waals surface area contributed by atoms with Crippen LogP contribution in [-0.4, -0.2) is 17.9 Å². The summed E-state index contributed by atoms with van der Waals surface area (Å²) in [6.07, 6.45) is 12.4. The summed E-state index contributed by atoms with van der Waals surface area (Å²) in [7, 11) is 2.04. The van der Waals surface area contributed by atoms with Gasteiger partial charge in [-0.3, -0.25) is 4.79 Å². The smallest absolute Gasteiger partial charge is 0.226 e. The highest BCUT2D eigenvalue weighted by Gasteiger charge is 2.58. The van der Waals surface area contributed by atoms with Crippen LogP contribution < -0.4 is 0 Å². The first kappa shape index (κ1) is 21.5. The van der Waals surface area contributed by atoms with Crippen molar-refractivity contribution in [2.75, 3.05) is 7.05 Å². The third kappa shape index (κ3) is 3.57. The molecule has 0 radical (unpaired) electrons. The van der Waals surface area contributed by atoms with Crippen LogP contribution in [0.2, 0.25) is 0 Å². The quantitative estimate of drug-likeness (QED) is 0.509. The first-order valence-corrected chi connectivity index (χ1v) is 13.2. The number of nitrogens with zero attached hydrogens (tertiary/aromatic N) is 1. The zero-order valence-electron chi connectivity index (χ0n) is 20.2. The molecule has 0 aromatic heterocycles. The fraction of sp³-hybridized carbons (Fsp3) is 0.759. The van der Waals surface area contributed by atoms with Gasteiger partial charge in [-0.25, -0.2) is 0 Å². The molecule has 1 aromatic rings. The van der Waals surface area contributed by atoms with Crippen molar-refractivity contribution < 1.29 is 4.79 Å². The second kappa shape index (κ2) is 8.23. The number of amides is 1. The van der Waals surface area contributed by atoms with Gasteiger partial charge in [-0.05, 0) is 105 Å². The van der Waals surface area contributed by atoms with Gasteiger partial charge in [0.1, 0.15) is 0 Å². The van der Waals surface area contributed by atoms with E-state index < -0.39 is 0 Å². The van der Waals surface area contributed by atoms with Crippen LogP contribution in [0.3, 0.4) is 0 Å². The van der Waals surface area contributed by atoms with Crippen molar-refractivity contribution in [3.63, 3.8) is 0 Å². The maximum atomic E-state index is 13.8. The Hall–Kier alpha value is -1.31. The Morgan fingerprint density at radius 2 is 1.71 bits per heavy atom. The Bertz CT molecular complexity index is 789. The Balaban J connectivity index is 1.32. The lowest BCUT2D eigenvalue weighted by atomic mass is 9.49. The van der Waals surface area contributed by atoms with E-state index in [1.54, 1.807) is 0 Å². The first-order chi connectivity index (χ1) is 14.9. The summed E-state index contributed by atoms with van der Waals surface area (Å²) in [5.41, 5.74) is 1.46. The highest BCUT2D eigenvalue weighted by atomic mass is 16.2. The zero-order chi connectivity index (χ0) is 21.8. The fourth-order valence-corrected chi connectivity index (χ4v) is 8.89. The third-order valence-corrected chi connectivity index (χ3v) is 10.7. The average molecular weight is 422 g/mol. The van der Waals surface area contributed by atoms with Crippen LogP contribution in [0.4, 0.5) is 0 Å². The number of fused-ring (bicyclic) bond motifs is 5. The largest absolute Gasteiger partial charge is 0.339 e. The number of rotatable bonds is 3. The molecule has 0 aliphatic heterocycles. The molecule has 0 spiro atoms. The van der Waals surface area contributed by atoms with E-state index in [1.807, 2.05) is 7.05 Å². The number of carbonyl (C=O) groups excluding carboxylic acids is 1. The second-order valence-corrected chi connectivity index (χ2v) is 12.1. The normalized spacial score (nSPS) is 42.8. The molecule has 0 saturated heterocycles. The van der Waals surface area contributed by atoms with E-state index in [0.717, 1.165) is 41.9 Å². The van der Waals surface area contributed by atoms with Crippen molar-refractivity contribution in [3.05, 3.63) is 35.9 Å². The van der Waals surface area contributed by atoms with Crippen molar-refractivity contribution in [2.24, 2.45) is 46.8 Å². The molecular weight excluding hydrogens is 378 g/mol. The van der Waals surface area contributed by atoms with Gasteiger partial charge in [0.2, 0.25) is 5.91 Å². The molecule has 4 aliphatic carbocycles. The molecular formula is C29H43NO. The third-order valence-electron chi connectivity index (χ3n) is 10.7. The Morgan fingerprint density at radius 3 is 2.48 bits per heavy atom. The monoisotopic (exact) mass is 421 g/mol. The second-order valence-electron chi connectivity index (χ2n) is 12.1. The van der Waals surface area contributed by atoms with Gasteiger partial charge in [0.25, 0.3) is 0 Å². The van der Waals surface area contributed by atoms with Crippen LogP contribution in [0.5, 0.6) is 0 Å². The minimum atomic E-state index is 0.146. The lowest BCUT2D eigenvalue weighted by Crippen LogP contribution is -2.50. The molecule has 0 bridgehead atoms. The molecule has 2 nitrogen and oxygen atoms in total. The van der Waals surface area contributed by atoms with E-state index in [4.69, 9.17) is 0 Å². The molecule has 31 heavy (non-hydrogen) atoms. The van der Waals surface area contributed by atoms with Crippen LogP contribution in [0, 0.1) is 46.8 Å². The predicted molar refractivity (Wildman–Crippen MR) is 127 cm³/mol. The van der Waals surface area contributed by atoms with Crippen molar-refractivity contribution in [2.45, 2.75) is 84.6 Å². The number of benzene rings is 1. The van der Waals surface area contributed by atoms with Crippen LogP contribution in [0.25, 0.3) is 0 Å². The first-order valence-electron chi connectivity index (χ1n) is 13.2. The van der Waals surface area contributed by atoms with Crippen molar-refractivity contribution >= 4 is 5.91 Å². The van der Waals surface area contributed by atoms with Gasteiger partial charge in [-0.2, -0.15) is 0 Å². The molecule has 9 unspecified atom stereocenters. The molecule has 4 fully saturated rings. The molecule has 2 heteroatoms. The number of hydrogen-bond acceptors (Lipinski definition) is 1. The van der Waals surface area contributed by atoms with Gasteiger partial charge in [0.05, 0.1) is 6.04 Å². The van der Waals surface area contributed by atoms with Crippen molar-refractivity contribution in [1.29, 1.82) is 0 Å². The minimum Gasteiger partial charge on any atom is -0.339 e. The molecule has 1 aromatic carbocycles. The van der Waals surface area contributed by atoms with E-state index in [1.165, 1.54) is 56.9 Å². The van der Waals surface area contributed by atoms with Crippen LogP contribution in [0.1, 0.15) is 90.2 Å². The molecule has 9 atom stereocenters.